The van der Waals surface area contributed by atoms with Gasteiger partial charge in [-0.15, -0.1) is 0 Å². The summed E-state index contributed by atoms with van der Waals surface area (Å²) >= 11 is 50.8. The summed E-state index contributed by atoms with van der Waals surface area (Å²) in [6.45, 7) is 0. The van der Waals surface area contributed by atoms with E-state index in [1.807, 2.05) is 72.8 Å². The van der Waals surface area contributed by atoms with Crippen LogP contribution in [0.2, 0.25) is 0 Å². The predicted molar refractivity (Wildman–Crippen MR) is 376 cm³/mol. The molecule has 0 aliphatic rings. The summed E-state index contributed by atoms with van der Waals surface area (Å²) in [5.41, 5.74) is 3.89. The highest BCUT2D eigenvalue weighted by Crippen LogP contribution is 2.37. The monoisotopic (exact) mass is 1370 g/mol. The van der Waals surface area contributed by atoms with Gasteiger partial charge >= 0.3 is 0 Å². The molecule has 92 heavy (non-hydrogen) atoms. The summed E-state index contributed by atoms with van der Waals surface area (Å²) in [7, 11) is 0. The average molecular weight is 1380 g/mol. The molecule has 0 bridgehead atoms. The number of nitrogens with zero attached hydrogens (tertiary/aromatic N) is 6. The van der Waals surface area contributed by atoms with E-state index in [0.717, 1.165) is 25.6 Å². The molecule has 2 atom stereocenters. The number of imide groups is 1. The van der Waals surface area contributed by atoms with Crippen LogP contribution in [0.5, 0.6) is 0 Å². The van der Waals surface area contributed by atoms with E-state index >= 15 is 0 Å². The number of carbonyl (C=O) groups excluding carboxylic acids is 6. The Bertz CT molecular complexity index is 4340. The Labute approximate surface area is 570 Å². The molecule has 0 saturated carbocycles. The van der Waals surface area contributed by atoms with E-state index in [0.29, 0.717) is 33.2 Å². The number of para-hydroxylation sites is 2. The van der Waals surface area contributed by atoms with Gasteiger partial charge in [0, 0.05) is 57.6 Å². The molecule has 0 aliphatic carbocycles. The Balaban J connectivity index is 0.000000217. The van der Waals surface area contributed by atoms with Crippen LogP contribution in [-0.4, -0.2) is 85.4 Å². The molecule has 0 spiro atoms. The van der Waals surface area contributed by atoms with Gasteiger partial charge in [-0.1, -0.05) is 239 Å². The molecular weight excluding hydrogens is 1330 g/mol. The number of aromatic nitrogens is 2. The van der Waals surface area contributed by atoms with E-state index in [4.69, 9.17) is 94.0 Å². The van der Waals surface area contributed by atoms with Gasteiger partial charge in [0.05, 0.1) is 22.4 Å². The van der Waals surface area contributed by atoms with E-state index in [2.05, 4.69) is 20.6 Å². The molecule has 14 nitrogen and oxygen atoms in total. The largest absolute Gasteiger partial charge is 0.338 e. The van der Waals surface area contributed by atoms with Crippen molar-refractivity contribution in [1.82, 2.24) is 30.4 Å². The molecule has 0 radical (unpaired) electrons. The van der Waals surface area contributed by atoms with Crippen LogP contribution < -0.4 is 20.4 Å². The van der Waals surface area contributed by atoms with Crippen LogP contribution in [0.3, 0.4) is 0 Å². The number of anilines is 2. The van der Waals surface area contributed by atoms with Crippen molar-refractivity contribution >= 4 is 185 Å². The summed E-state index contributed by atoms with van der Waals surface area (Å²) in [4.78, 5) is 96.9. The second-order valence-corrected chi connectivity index (χ2v) is 25.2. The molecule has 0 aliphatic heterocycles. The molecule has 2 N–H and O–H groups in total. The molecule has 22 heteroatoms. The SMILES string of the molecule is O=C(/C=C/c1ccccc1)NC(N(C(=O)c1ccccc1)C(=S)N(C(=O)c1ccccc1)c1cccc2cccnc12)C(Cl)(Cl)Cl.O=C(c1ccccc1)N(C(=S)NC(N(C(=O)/C=C/c1ccccc1)C(=O)c1ccccc1)C(Cl)(Cl)Cl)c1cccc2cccnc12. The van der Waals surface area contributed by atoms with Crippen molar-refractivity contribution in [2.75, 3.05) is 9.80 Å². The van der Waals surface area contributed by atoms with Crippen LogP contribution in [-0.2, 0) is 9.59 Å². The van der Waals surface area contributed by atoms with Crippen LogP contribution >= 0.6 is 94.0 Å². The fourth-order valence-corrected chi connectivity index (χ4v) is 10.8. The van der Waals surface area contributed by atoms with Gasteiger partial charge in [-0.25, -0.2) is 4.90 Å². The Hall–Kier alpha value is -9.20. The number of benzene rings is 8. The number of carbonyl (C=O) groups is 6. The maximum Gasteiger partial charge on any atom is 0.264 e. The molecule has 2 heterocycles. The number of amides is 6. The highest BCUT2D eigenvalue weighted by atomic mass is 35.6. The van der Waals surface area contributed by atoms with Gasteiger partial charge in [-0.05, 0) is 121 Å². The summed E-state index contributed by atoms with van der Waals surface area (Å²) in [6.07, 6.45) is 5.39. The van der Waals surface area contributed by atoms with E-state index in [1.165, 1.54) is 35.3 Å². The summed E-state index contributed by atoms with van der Waals surface area (Å²) in [6, 6.07) is 68.9. The average Bonchev–Trinajstić information content (AvgIpc) is 0.782. The maximum atomic E-state index is 14.3. The lowest BCUT2D eigenvalue weighted by Gasteiger charge is -2.39. The maximum absolute atomic E-state index is 14.3. The van der Waals surface area contributed by atoms with Crippen LogP contribution in [0.25, 0.3) is 34.0 Å². The Morgan fingerprint density at radius 1 is 0.391 bits per heavy atom. The smallest absolute Gasteiger partial charge is 0.264 e. The van der Waals surface area contributed by atoms with E-state index in [1.54, 1.807) is 176 Å². The molecule has 0 saturated heterocycles. The summed E-state index contributed by atoms with van der Waals surface area (Å²) in [5.74, 6) is -4.06. The number of nitrogens with one attached hydrogen (secondary N) is 2. The normalized spacial score (nSPS) is 12.0. The zero-order chi connectivity index (χ0) is 65.4. The van der Waals surface area contributed by atoms with Crippen molar-refractivity contribution in [1.29, 1.82) is 0 Å². The first-order valence-corrected chi connectivity index (χ1v) is 30.9. The van der Waals surface area contributed by atoms with Gasteiger partial charge in [-0.2, -0.15) is 0 Å². The number of halogens is 6. The van der Waals surface area contributed by atoms with Crippen molar-refractivity contribution in [2.45, 2.75) is 19.9 Å². The molecular formula is C70H50Cl6N8O6S2. The number of fused-ring (bicyclic) bond motifs is 2. The Morgan fingerprint density at radius 2 is 0.739 bits per heavy atom. The predicted octanol–water partition coefficient (Wildman–Crippen LogP) is 15.7. The number of hydrogen-bond acceptors (Lipinski definition) is 10. The molecule has 10 aromatic rings. The van der Waals surface area contributed by atoms with Gasteiger partial charge < -0.3 is 10.6 Å². The van der Waals surface area contributed by atoms with Gasteiger partial charge in [0.25, 0.3) is 29.5 Å². The van der Waals surface area contributed by atoms with Crippen LogP contribution in [0, 0.1) is 0 Å². The molecule has 6 amide bonds. The fourth-order valence-electron chi connectivity index (χ4n) is 9.27. The number of thiocarbonyl (C=S) groups is 2. The summed E-state index contributed by atoms with van der Waals surface area (Å²) < 4.78 is -4.63. The van der Waals surface area contributed by atoms with Gasteiger partial charge in [0.2, 0.25) is 13.5 Å². The first-order valence-electron chi connectivity index (χ1n) is 27.8. The quantitative estimate of drug-likeness (QED) is 0.0461. The number of pyridine rings is 2. The van der Waals surface area contributed by atoms with Gasteiger partial charge in [-0.3, -0.25) is 53.4 Å². The number of rotatable bonds is 14. The van der Waals surface area contributed by atoms with Crippen molar-refractivity contribution in [2.24, 2.45) is 0 Å². The van der Waals surface area contributed by atoms with Crippen LogP contribution in [0.15, 0.2) is 267 Å². The van der Waals surface area contributed by atoms with Crippen molar-refractivity contribution in [3.8, 4) is 0 Å². The summed E-state index contributed by atoms with van der Waals surface area (Å²) in [5, 5.41) is 6.35. The number of hydrogen-bond donors (Lipinski definition) is 2. The highest BCUT2D eigenvalue weighted by molar-refractivity contribution is 7.80. The molecule has 2 aromatic heterocycles. The van der Waals surface area contributed by atoms with Crippen molar-refractivity contribution in [3.63, 3.8) is 0 Å². The molecule has 2 unspecified atom stereocenters. The molecule has 8 aromatic carbocycles. The minimum absolute atomic E-state index is 0.159. The first-order chi connectivity index (χ1) is 44.3. The first kappa shape index (κ1) is 67.2. The van der Waals surface area contributed by atoms with E-state index in [9.17, 15) is 28.8 Å². The zero-order valence-electron chi connectivity index (χ0n) is 47.9. The van der Waals surface area contributed by atoms with Crippen LogP contribution in [0.4, 0.5) is 11.4 Å². The second kappa shape index (κ2) is 31.2. The lowest BCUT2D eigenvalue weighted by molar-refractivity contribution is -0.125. The van der Waals surface area contributed by atoms with E-state index < -0.39 is 55.4 Å². The van der Waals surface area contributed by atoms with E-state index in [-0.39, 0.29) is 32.6 Å². The van der Waals surface area contributed by atoms with Gasteiger partial charge in [0.1, 0.15) is 0 Å². The molecule has 10 rings (SSSR count). The third-order valence-electron chi connectivity index (χ3n) is 13.6. The third-order valence-corrected chi connectivity index (χ3v) is 15.5. The highest BCUT2D eigenvalue weighted by Gasteiger charge is 2.47. The zero-order valence-corrected chi connectivity index (χ0v) is 54.1. The lowest BCUT2D eigenvalue weighted by atomic mass is 10.1. The fraction of sp³-hybridized carbons (Fsp3) is 0.0571. The minimum atomic E-state index is -2.32. The Kier molecular flexibility index (Phi) is 22.8. The topological polar surface area (TPSA) is 165 Å². The van der Waals surface area contributed by atoms with Crippen LogP contribution in [0.1, 0.15) is 52.6 Å². The standard InChI is InChI=1S/2C35H25Cl3N4O3S/c36-35(37,38)33(42(32(45)27-16-8-3-9-17-27)29(43)22-21-24-12-4-1-5-13-24)40-34(46)41(31(44)26-14-6-2-7-15-26)28-20-10-18-25-19-11-23-39-30(25)28;36-35(37,38)33(40-29(43)22-21-24-12-4-1-5-13-24)42(32(45)27-16-8-3-9-17-27)34(46)41(31(44)26-14-6-2-7-15-26)28-20-10-18-25-19-11-23-39-30(25)28/h1-23,33H,(H,40,46);1-23,33H,(H,40,43)/b2*22-21+. The lowest BCUT2D eigenvalue weighted by Crippen LogP contribution is -2.62. The minimum Gasteiger partial charge on any atom is -0.338 e. The second-order valence-electron chi connectivity index (χ2n) is 19.8. The molecule has 0 fully saturated rings. The van der Waals surface area contributed by atoms with Crippen molar-refractivity contribution < 1.29 is 28.8 Å². The van der Waals surface area contributed by atoms with Gasteiger partial charge in [0.15, 0.2) is 22.6 Å². The molecule has 460 valence electrons. The third kappa shape index (κ3) is 16.8. The Morgan fingerprint density at radius 3 is 1.16 bits per heavy atom. The van der Waals surface area contributed by atoms with Crippen molar-refractivity contribution in [3.05, 3.63) is 301 Å². The number of alkyl halides is 6.